The van der Waals surface area contributed by atoms with Gasteiger partial charge in [0.15, 0.2) is 6.10 Å². The summed E-state index contributed by atoms with van der Waals surface area (Å²) in [5.74, 6) is -0.870. The normalized spacial score (nSPS) is 12.6. The van der Waals surface area contributed by atoms with Gasteiger partial charge in [-0.05, 0) is 77.0 Å². The van der Waals surface area contributed by atoms with Crippen LogP contribution in [0.4, 0.5) is 0 Å². The van der Waals surface area contributed by atoms with Crippen LogP contribution in [0.2, 0.25) is 0 Å². The quantitative estimate of drug-likeness (QED) is 0.0261. The molecule has 0 aliphatic heterocycles. The molecule has 0 saturated carbocycles. The first-order valence-corrected chi connectivity index (χ1v) is 34.1. The van der Waals surface area contributed by atoms with Crippen LogP contribution in [0.5, 0.6) is 0 Å². The molecule has 0 N–H and O–H groups in total. The second kappa shape index (κ2) is 67.1. The van der Waals surface area contributed by atoms with Gasteiger partial charge in [0.25, 0.3) is 0 Å². The zero-order valence-electron chi connectivity index (χ0n) is 52.4. The Bertz CT molecular complexity index is 1500. The van der Waals surface area contributed by atoms with E-state index in [0.717, 1.165) is 109 Å². The Morgan fingerprint density at radius 3 is 0.772 bits per heavy atom. The van der Waals surface area contributed by atoms with Crippen molar-refractivity contribution >= 4 is 17.9 Å². The van der Waals surface area contributed by atoms with Crippen molar-refractivity contribution < 1.29 is 28.6 Å². The summed E-state index contributed by atoms with van der Waals surface area (Å²) in [4.78, 5) is 38.0. The zero-order valence-corrected chi connectivity index (χ0v) is 52.4. The first-order chi connectivity index (χ1) is 39.0. The molecule has 0 aromatic carbocycles. The molecule has 0 aliphatic rings. The Morgan fingerprint density at radius 2 is 0.494 bits per heavy atom. The molecule has 6 heteroatoms. The molecule has 0 heterocycles. The molecular formula is C73H128O6. The first-order valence-electron chi connectivity index (χ1n) is 34.1. The molecule has 79 heavy (non-hydrogen) atoms. The number of allylic oxidation sites excluding steroid dienone is 14. The first kappa shape index (κ1) is 75.6. The van der Waals surface area contributed by atoms with Crippen molar-refractivity contribution in [2.24, 2.45) is 0 Å². The fourth-order valence-corrected chi connectivity index (χ4v) is 9.84. The van der Waals surface area contributed by atoms with E-state index in [-0.39, 0.29) is 31.1 Å². The molecule has 0 fully saturated rings. The smallest absolute Gasteiger partial charge is 0.306 e. The van der Waals surface area contributed by atoms with Crippen LogP contribution in [0, 0.1) is 0 Å². The molecule has 0 aromatic heterocycles. The molecule has 0 saturated heterocycles. The average Bonchev–Trinajstić information content (AvgIpc) is 3.45. The van der Waals surface area contributed by atoms with Gasteiger partial charge in [0.05, 0.1) is 0 Å². The summed E-state index contributed by atoms with van der Waals surface area (Å²) in [6, 6.07) is 0. The maximum atomic E-state index is 12.8. The summed E-state index contributed by atoms with van der Waals surface area (Å²) in [5.41, 5.74) is 0. The van der Waals surface area contributed by atoms with E-state index in [1.165, 1.54) is 193 Å². The summed E-state index contributed by atoms with van der Waals surface area (Å²) in [6.45, 7) is 6.49. The van der Waals surface area contributed by atoms with Crippen LogP contribution in [0.3, 0.4) is 0 Å². The van der Waals surface area contributed by atoms with E-state index in [4.69, 9.17) is 14.2 Å². The summed E-state index contributed by atoms with van der Waals surface area (Å²) >= 11 is 0. The van der Waals surface area contributed by atoms with Gasteiger partial charge in [0.1, 0.15) is 13.2 Å². The number of hydrogen-bond acceptors (Lipinski definition) is 6. The molecule has 0 spiro atoms. The van der Waals surface area contributed by atoms with Gasteiger partial charge in [-0.3, -0.25) is 14.4 Å². The van der Waals surface area contributed by atoms with Crippen LogP contribution in [-0.4, -0.2) is 37.2 Å². The van der Waals surface area contributed by atoms with E-state index in [1.54, 1.807) is 0 Å². The van der Waals surface area contributed by atoms with Gasteiger partial charge in [-0.2, -0.15) is 0 Å². The third-order valence-corrected chi connectivity index (χ3v) is 14.9. The third kappa shape index (κ3) is 65.3. The Hall–Kier alpha value is -3.41. The van der Waals surface area contributed by atoms with Crippen LogP contribution in [0.25, 0.3) is 0 Å². The highest BCUT2D eigenvalue weighted by atomic mass is 16.6. The maximum Gasteiger partial charge on any atom is 0.306 e. The largest absolute Gasteiger partial charge is 0.462 e. The predicted molar refractivity (Wildman–Crippen MR) is 344 cm³/mol. The van der Waals surface area contributed by atoms with Gasteiger partial charge in [-0.25, -0.2) is 0 Å². The number of rotatable bonds is 62. The topological polar surface area (TPSA) is 78.9 Å². The lowest BCUT2D eigenvalue weighted by Gasteiger charge is -2.18. The maximum absolute atomic E-state index is 12.8. The Morgan fingerprint density at radius 1 is 0.266 bits per heavy atom. The van der Waals surface area contributed by atoms with Crippen LogP contribution < -0.4 is 0 Å². The lowest BCUT2D eigenvalue weighted by atomic mass is 10.0. The van der Waals surface area contributed by atoms with Crippen LogP contribution >= 0.6 is 0 Å². The highest BCUT2D eigenvalue weighted by molar-refractivity contribution is 5.71. The Balaban J connectivity index is 3.96. The SMILES string of the molecule is CC/C=C\C/C=C\C/C=C\C/C=C\C/C=C\C/C=C\C/C=C\CCCCCCCCCCCCCCCC(=O)OCC(COC(=O)CCCCCCC)OC(=O)CCCCCCCCCCCCCCCCCCCCCCC. The van der Waals surface area contributed by atoms with Crippen LogP contribution in [-0.2, 0) is 28.6 Å². The monoisotopic (exact) mass is 1100 g/mol. The molecule has 456 valence electrons. The Labute approximate surface area is 490 Å². The zero-order chi connectivity index (χ0) is 57.1. The summed E-state index contributed by atoms with van der Waals surface area (Å²) in [7, 11) is 0. The number of unbranched alkanes of at least 4 members (excludes halogenated alkanes) is 37. The van der Waals surface area contributed by atoms with Crippen molar-refractivity contribution in [2.45, 2.75) is 348 Å². The van der Waals surface area contributed by atoms with E-state index >= 15 is 0 Å². The summed E-state index contributed by atoms with van der Waals surface area (Å²) < 4.78 is 16.8. The van der Waals surface area contributed by atoms with Crippen molar-refractivity contribution in [2.75, 3.05) is 13.2 Å². The molecule has 0 radical (unpaired) electrons. The minimum Gasteiger partial charge on any atom is -0.462 e. The van der Waals surface area contributed by atoms with Gasteiger partial charge in [-0.15, -0.1) is 0 Å². The molecule has 0 aliphatic carbocycles. The molecule has 6 nitrogen and oxygen atoms in total. The molecule has 0 amide bonds. The fourth-order valence-electron chi connectivity index (χ4n) is 9.84. The van der Waals surface area contributed by atoms with Crippen molar-refractivity contribution in [3.8, 4) is 0 Å². The van der Waals surface area contributed by atoms with Gasteiger partial charge < -0.3 is 14.2 Å². The molecular weight excluding hydrogens is 973 g/mol. The second-order valence-electron chi connectivity index (χ2n) is 22.7. The number of carbonyl (C=O) groups excluding carboxylic acids is 3. The van der Waals surface area contributed by atoms with Gasteiger partial charge in [-0.1, -0.05) is 331 Å². The minimum atomic E-state index is -0.770. The van der Waals surface area contributed by atoms with E-state index in [2.05, 4.69) is 106 Å². The fraction of sp³-hybridized carbons (Fsp3) is 0.767. The molecule has 0 bridgehead atoms. The standard InChI is InChI=1S/C73H128O6/c1-4-7-10-13-15-17-19-21-23-25-27-29-30-31-32-33-34-35-36-37-38-39-40-41-42-44-45-47-49-51-53-55-57-60-63-66-72(75)78-69-70(68-77-71(74)65-62-59-12-9-6-3)79-73(76)67-64-61-58-56-54-52-50-48-46-43-28-26-24-22-20-18-16-14-11-8-5-2/h7,10,15,17,21,23,27,29,31-32,34-35,37-38,70H,4-6,8-9,11-14,16,18-20,22,24-26,28,30,33,36,39-69H2,1-3H3/b10-7-,17-15-,23-21-,29-27-,32-31-,35-34-,38-37-. The summed E-state index contributed by atoms with van der Waals surface area (Å²) in [6.07, 6.45) is 89.4. The number of esters is 3. The van der Waals surface area contributed by atoms with Crippen LogP contribution in [0.1, 0.15) is 342 Å². The van der Waals surface area contributed by atoms with Crippen molar-refractivity contribution in [1.82, 2.24) is 0 Å². The lowest BCUT2D eigenvalue weighted by Crippen LogP contribution is -2.30. The highest BCUT2D eigenvalue weighted by Crippen LogP contribution is 2.18. The molecule has 0 aromatic rings. The van der Waals surface area contributed by atoms with Gasteiger partial charge in [0.2, 0.25) is 0 Å². The summed E-state index contributed by atoms with van der Waals surface area (Å²) in [5, 5.41) is 0. The van der Waals surface area contributed by atoms with E-state index in [1.807, 2.05) is 0 Å². The Kier molecular flexibility index (Phi) is 64.2. The number of ether oxygens (including phenoxy) is 3. The predicted octanol–water partition coefficient (Wildman–Crippen LogP) is 23.4. The molecule has 1 atom stereocenters. The van der Waals surface area contributed by atoms with E-state index in [9.17, 15) is 14.4 Å². The molecule has 1 unspecified atom stereocenters. The van der Waals surface area contributed by atoms with E-state index < -0.39 is 6.10 Å². The minimum absolute atomic E-state index is 0.0721. The number of carbonyl (C=O) groups is 3. The number of hydrogen-bond donors (Lipinski definition) is 0. The van der Waals surface area contributed by atoms with Gasteiger partial charge >= 0.3 is 17.9 Å². The van der Waals surface area contributed by atoms with E-state index in [0.29, 0.717) is 19.3 Å². The van der Waals surface area contributed by atoms with Crippen LogP contribution in [0.15, 0.2) is 85.1 Å². The average molecular weight is 1100 g/mol. The van der Waals surface area contributed by atoms with Crippen molar-refractivity contribution in [1.29, 1.82) is 0 Å². The lowest BCUT2D eigenvalue weighted by molar-refractivity contribution is -0.167. The molecule has 0 rings (SSSR count). The van der Waals surface area contributed by atoms with Gasteiger partial charge in [0, 0.05) is 19.3 Å². The highest BCUT2D eigenvalue weighted by Gasteiger charge is 2.19. The second-order valence-corrected chi connectivity index (χ2v) is 22.7. The van der Waals surface area contributed by atoms with Crippen molar-refractivity contribution in [3.63, 3.8) is 0 Å². The third-order valence-electron chi connectivity index (χ3n) is 14.9. The van der Waals surface area contributed by atoms with Crippen molar-refractivity contribution in [3.05, 3.63) is 85.1 Å².